The summed E-state index contributed by atoms with van der Waals surface area (Å²) in [5, 5.41) is 2.35. The third-order valence-corrected chi connectivity index (χ3v) is 8.75. The molecule has 3 aliphatic rings. The standard InChI is InChI=1S/C31H34N4O2S/c36-28-14-13-27(30(37)32-28)35-21-25-12-11-22(19-26(25)31(35)38)20-33-15-17-34(18-16-33)29(23-7-3-1-4-8-23)24-9-5-2-6-10-24/h1-12,19,27,29,31,38H,13-18,20-21H2,(H,32,36,37). The highest BCUT2D eigenvalue weighted by Gasteiger charge is 2.39. The lowest BCUT2D eigenvalue weighted by Gasteiger charge is -2.40. The maximum Gasteiger partial charge on any atom is 0.243 e. The summed E-state index contributed by atoms with van der Waals surface area (Å²) in [5.74, 6) is -0.379. The van der Waals surface area contributed by atoms with Gasteiger partial charge >= 0.3 is 0 Å². The summed E-state index contributed by atoms with van der Waals surface area (Å²) in [6.07, 6.45) is 0.941. The molecular weight excluding hydrogens is 492 g/mol. The van der Waals surface area contributed by atoms with Crippen molar-refractivity contribution in [3.8, 4) is 0 Å². The van der Waals surface area contributed by atoms with Crippen molar-refractivity contribution in [1.29, 1.82) is 0 Å². The molecule has 0 bridgehead atoms. The Morgan fingerprint density at radius 1 is 0.868 bits per heavy atom. The van der Waals surface area contributed by atoms with Crippen LogP contribution in [0.1, 0.15) is 52.1 Å². The predicted molar refractivity (Wildman–Crippen MR) is 151 cm³/mol. The van der Waals surface area contributed by atoms with Crippen molar-refractivity contribution in [2.24, 2.45) is 0 Å². The van der Waals surface area contributed by atoms with Crippen LogP contribution in [0.4, 0.5) is 0 Å². The molecule has 0 aliphatic carbocycles. The number of carbonyl (C=O) groups is 2. The van der Waals surface area contributed by atoms with Crippen molar-refractivity contribution in [2.75, 3.05) is 26.2 Å². The molecule has 3 aliphatic heterocycles. The first kappa shape index (κ1) is 25.3. The molecule has 7 heteroatoms. The molecule has 2 unspecified atom stereocenters. The van der Waals surface area contributed by atoms with Crippen LogP contribution >= 0.6 is 12.6 Å². The molecule has 3 aromatic rings. The third kappa shape index (κ3) is 5.16. The average molecular weight is 527 g/mol. The Labute approximate surface area is 230 Å². The fraction of sp³-hybridized carbons (Fsp3) is 0.355. The number of thiol groups is 1. The smallest absolute Gasteiger partial charge is 0.243 e. The van der Waals surface area contributed by atoms with E-state index in [4.69, 9.17) is 12.6 Å². The lowest BCUT2D eigenvalue weighted by atomic mass is 9.96. The average Bonchev–Trinajstić information content (AvgIpc) is 3.26. The molecule has 2 atom stereocenters. The van der Waals surface area contributed by atoms with Crippen LogP contribution in [0.5, 0.6) is 0 Å². The van der Waals surface area contributed by atoms with E-state index in [2.05, 4.69) is 98.9 Å². The van der Waals surface area contributed by atoms with Crippen molar-refractivity contribution >= 4 is 24.4 Å². The fourth-order valence-electron chi connectivity index (χ4n) is 6.19. The van der Waals surface area contributed by atoms with Crippen molar-refractivity contribution in [1.82, 2.24) is 20.0 Å². The van der Waals surface area contributed by atoms with Gasteiger partial charge < -0.3 is 0 Å². The Balaban J connectivity index is 1.11. The number of nitrogens with one attached hydrogen (secondary N) is 1. The van der Waals surface area contributed by atoms with E-state index in [1.807, 2.05) is 0 Å². The van der Waals surface area contributed by atoms with Crippen LogP contribution in [0.15, 0.2) is 78.9 Å². The minimum Gasteiger partial charge on any atom is -0.297 e. The van der Waals surface area contributed by atoms with E-state index < -0.39 is 0 Å². The molecule has 3 aromatic carbocycles. The molecule has 0 saturated carbocycles. The number of piperidine rings is 1. The van der Waals surface area contributed by atoms with Gasteiger partial charge in [-0.2, -0.15) is 12.6 Å². The van der Waals surface area contributed by atoms with Crippen molar-refractivity contribution in [3.63, 3.8) is 0 Å². The number of hydrogen-bond acceptors (Lipinski definition) is 6. The van der Waals surface area contributed by atoms with Gasteiger partial charge in [0.2, 0.25) is 11.8 Å². The molecule has 2 amide bonds. The second-order valence-electron chi connectivity index (χ2n) is 10.6. The first-order valence-electron chi connectivity index (χ1n) is 13.5. The number of fused-ring (bicyclic) bond motifs is 1. The Bertz CT molecular complexity index is 1250. The summed E-state index contributed by atoms with van der Waals surface area (Å²) in [4.78, 5) is 31.3. The molecule has 0 radical (unpaired) electrons. The molecule has 6 nitrogen and oxygen atoms in total. The van der Waals surface area contributed by atoms with Gasteiger partial charge in [0.05, 0.1) is 17.5 Å². The van der Waals surface area contributed by atoms with Gasteiger partial charge in [-0.15, -0.1) is 0 Å². The summed E-state index contributed by atoms with van der Waals surface area (Å²) in [6, 6.07) is 28.3. The number of imide groups is 1. The zero-order valence-corrected chi connectivity index (χ0v) is 22.4. The van der Waals surface area contributed by atoms with E-state index in [9.17, 15) is 9.59 Å². The third-order valence-electron chi connectivity index (χ3n) is 8.17. The Morgan fingerprint density at radius 2 is 1.53 bits per heavy atom. The predicted octanol–water partition coefficient (Wildman–Crippen LogP) is 4.14. The summed E-state index contributed by atoms with van der Waals surface area (Å²) in [6.45, 7) is 5.64. The zero-order valence-electron chi connectivity index (χ0n) is 21.5. The Kier molecular flexibility index (Phi) is 7.34. The molecule has 0 spiro atoms. The van der Waals surface area contributed by atoms with E-state index in [1.54, 1.807) is 0 Å². The van der Waals surface area contributed by atoms with E-state index >= 15 is 0 Å². The number of amides is 2. The quantitative estimate of drug-likeness (QED) is 0.374. The van der Waals surface area contributed by atoms with Gasteiger partial charge in [-0.05, 0) is 34.2 Å². The van der Waals surface area contributed by atoms with Crippen molar-refractivity contribution in [3.05, 3.63) is 107 Å². The largest absolute Gasteiger partial charge is 0.297 e. The SMILES string of the molecule is O=C1CCC(N2Cc3ccc(CN4CCN(C(c5ccccc5)c5ccccc5)CC4)cc3C2S)C(=O)N1. The first-order chi connectivity index (χ1) is 18.6. The van der Waals surface area contributed by atoms with Crippen LogP contribution in [0, 0.1) is 0 Å². The van der Waals surface area contributed by atoms with Crippen molar-refractivity contribution < 1.29 is 9.59 Å². The van der Waals surface area contributed by atoms with E-state index in [0.29, 0.717) is 19.4 Å². The molecule has 196 valence electrons. The molecule has 6 rings (SSSR count). The topological polar surface area (TPSA) is 55.9 Å². The van der Waals surface area contributed by atoms with Crippen LogP contribution in [0.25, 0.3) is 0 Å². The fourth-order valence-corrected chi connectivity index (χ4v) is 6.67. The molecule has 0 aromatic heterocycles. The van der Waals surface area contributed by atoms with Gasteiger partial charge in [0.1, 0.15) is 0 Å². The summed E-state index contributed by atoms with van der Waals surface area (Å²) in [7, 11) is 0. The molecule has 2 fully saturated rings. The van der Waals surface area contributed by atoms with Gasteiger partial charge in [0, 0.05) is 45.7 Å². The Hall–Kier alpha value is -2.97. The molecule has 3 heterocycles. The van der Waals surface area contributed by atoms with Crippen molar-refractivity contribution in [2.45, 2.75) is 43.4 Å². The van der Waals surface area contributed by atoms with E-state index in [-0.39, 0.29) is 29.3 Å². The number of piperazine rings is 1. The van der Waals surface area contributed by atoms with Gasteiger partial charge in [0.25, 0.3) is 0 Å². The molecule has 2 saturated heterocycles. The summed E-state index contributed by atoms with van der Waals surface area (Å²) < 4.78 is 0. The number of carbonyl (C=O) groups excluding carboxylic acids is 2. The minimum absolute atomic E-state index is 0.136. The van der Waals surface area contributed by atoms with Crippen LogP contribution in [0.2, 0.25) is 0 Å². The van der Waals surface area contributed by atoms with Crippen LogP contribution in [-0.4, -0.2) is 58.7 Å². The first-order valence-corrected chi connectivity index (χ1v) is 14.0. The van der Waals surface area contributed by atoms with Gasteiger partial charge in [-0.1, -0.05) is 78.9 Å². The molecular formula is C31H34N4O2S. The van der Waals surface area contributed by atoms with Gasteiger partial charge in [-0.3, -0.25) is 29.6 Å². The monoisotopic (exact) mass is 526 g/mol. The second-order valence-corrected chi connectivity index (χ2v) is 11.1. The van der Waals surface area contributed by atoms with Crippen LogP contribution in [-0.2, 0) is 22.7 Å². The second kappa shape index (κ2) is 11.0. The normalized spacial score (nSPS) is 23.0. The summed E-state index contributed by atoms with van der Waals surface area (Å²) >= 11 is 4.90. The van der Waals surface area contributed by atoms with Gasteiger partial charge in [0.15, 0.2) is 0 Å². The minimum atomic E-state index is -0.304. The maximum atomic E-state index is 12.5. The number of benzene rings is 3. The summed E-state index contributed by atoms with van der Waals surface area (Å²) in [5.41, 5.74) is 6.36. The lowest BCUT2D eigenvalue weighted by molar-refractivity contribution is -0.137. The van der Waals surface area contributed by atoms with E-state index in [0.717, 1.165) is 32.7 Å². The highest BCUT2D eigenvalue weighted by Crippen LogP contribution is 2.40. The molecule has 1 N–H and O–H groups in total. The number of hydrogen-bond donors (Lipinski definition) is 2. The number of rotatable bonds is 6. The van der Waals surface area contributed by atoms with Crippen LogP contribution in [0.3, 0.4) is 0 Å². The van der Waals surface area contributed by atoms with Gasteiger partial charge in [-0.25, -0.2) is 0 Å². The van der Waals surface area contributed by atoms with Crippen LogP contribution < -0.4 is 5.32 Å². The maximum absolute atomic E-state index is 12.5. The lowest BCUT2D eigenvalue weighted by Crippen LogP contribution is -2.51. The number of nitrogens with zero attached hydrogens (tertiary/aromatic N) is 3. The molecule has 38 heavy (non-hydrogen) atoms. The Morgan fingerprint density at radius 3 is 2.16 bits per heavy atom. The van der Waals surface area contributed by atoms with E-state index in [1.165, 1.54) is 27.8 Å². The highest BCUT2D eigenvalue weighted by molar-refractivity contribution is 7.80. The zero-order chi connectivity index (χ0) is 26.1. The highest BCUT2D eigenvalue weighted by atomic mass is 32.1.